The van der Waals surface area contributed by atoms with Gasteiger partial charge in [0.05, 0.1) is 18.8 Å². The lowest BCUT2D eigenvalue weighted by Gasteiger charge is -2.34. The van der Waals surface area contributed by atoms with Crippen molar-refractivity contribution in [1.29, 1.82) is 0 Å². The number of anilines is 1. The fourth-order valence-corrected chi connectivity index (χ4v) is 5.94. The summed E-state index contributed by atoms with van der Waals surface area (Å²) in [5.41, 5.74) is 1.97. The van der Waals surface area contributed by atoms with Crippen LogP contribution in [0.15, 0.2) is 47.8 Å². The van der Waals surface area contributed by atoms with Gasteiger partial charge in [-0.3, -0.25) is 9.69 Å². The number of thiophene rings is 1. The molecule has 0 bridgehead atoms. The van der Waals surface area contributed by atoms with E-state index in [-0.39, 0.29) is 5.69 Å². The first-order valence-electron chi connectivity index (χ1n) is 12.2. The second-order valence-electron chi connectivity index (χ2n) is 8.92. The van der Waals surface area contributed by atoms with Crippen molar-refractivity contribution in [3.63, 3.8) is 0 Å². The van der Waals surface area contributed by atoms with Crippen LogP contribution in [-0.4, -0.2) is 74.1 Å². The Balaban J connectivity index is 1.27. The van der Waals surface area contributed by atoms with Gasteiger partial charge in [-0.2, -0.15) is 13.2 Å². The molecule has 0 unspecified atom stereocenters. The lowest BCUT2D eigenvalue weighted by atomic mass is 10.1. The van der Waals surface area contributed by atoms with Crippen LogP contribution < -0.4 is 14.4 Å². The van der Waals surface area contributed by atoms with Crippen molar-refractivity contribution in [1.82, 2.24) is 19.8 Å². The molecule has 1 aliphatic heterocycles. The third-order valence-corrected chi connectivity index (χ3v) is 8.15. The van der Waals surface area contributed by atoms with Crippen LogP contribution in [0.5, 0.6) is 5.75 Å². The quantitative estimate of drug-likeness (QED) is 0.383. The summed E-state index contributed by atoms with van der Waals surface area (Å²) < 4.78 is 67.6. The van der Waals surface area contributed by atoms with Crippen molar-refractivity contribution in [3.8, 4) is 16.9 Å². The third-order valence-electron chi connectivity index (χ3n) is 5.99. The molecule has 3 heterocycles. The molecule has 39 heavy (non-hydrogen) atoms. The molecule has 0 radical (unpaired) electrons. The second-order valence-corrected chi connectivity index (χ2v) is 11.8. The Morgan fingerprint density at radius 1 is 1.08 bits per heavy atom. The van der Waals surface area contributed by atoms with Crippen molar-refractivity contribution < 1.29 is 31.1 Å². The van der Waals surface area contributed by atoms with E-state index in [1.54, 1.807) is 22.1 Å². The van der Waals surface area contributed by atoms with E-state index < -0.39 is 34.3 Å². The molecule has 1 amide bonds. The first-order valence-corrected chi connectivity index (χ1v) is 14.8. The van der Waals surface area contributed by atoms with E-state index in [2.05, 4.69) is 32.6 Å². The van der Waals surface area contributed by atoms with Crippen molar-refractivity contribution in [3.05, 3.63) is 58.4 Å². The third kappa shape index (κ3) is 8.38. The molecule has 2 aromatic heterocycles. The molecule has 3 aromatic rings. The van der Waals surface area contributed by atoms with E-state index in [1.165, 1.54) is 10.9 Å². The summed E-state index contributed by atoms with van der Waals surface area (Å²) in [5.74, 6) is -0.993. The molecular weight excluding hydrogens is 555 g/mol. The highest BCUT2D eigenvalue weighted by atomic mass is 32.2. The molecule has 210 valence electrons. The number of ether oxygens (including phenoxy) is 1. The van der Waals surface area contributed by atoms with Crippen LogP contribution >= 0.6 is 11.3 Å². The van der Waals surface area contributed by atoms with E-state index in [4.69, 9.17) is 4.74 Å². The van der Waals surface area contributed by atoms with E-state index >= 15 is 0 Å². The molecule has 1 aromatic carbocycles. The van der Waals surface area contributed by atoms with Gasteiger partial charge in [-0.25, -0.2) is 13.1 Å². The number of hydrogen-bond acceptors (Lipinski definition) is 9. The Morgan fingerprint density at radius 2 is 1.85 bits per heavy atom. The molecule has 1 saturated heterocycles. The Morgan fingerprint density at radius 3 is 2.51 bits per heavy atom. The minimum atomic E-state index is -4.65. The predicted molar refractivity (Wildman–Crippen MR) is 142 cm³/mol. The normalized spacial score (nSPS) is 14.8. The zero-order valence-corrected chi connectivity index (χ0v) is 22.8. The number of benzene rings is 1. The maximum absolute atomic E-state index is 12.3. The maximum atomic E-state index is 12.3. The number of nitrogens with zero attached hydrogens (tertiary/aromatic N) is 4. The highest BCUT2D eigenvalue weighted by molar-refractivity contribution is 7.90. The smallest absolute Gasteiger partial charge is 0.390 e. The second kappa shape index (κ2) is 12.3. The Kier molecular flexibility index (Phi) is 9.08. The molecule has 14 heteroatoms. The van der Waals surface area contributed by atoms with Crippen LogP contribution in [0.4, 0.5) is 19.0 Å². The van der Waals surface area contributed by atoms with Crippen LogP contribution in [-0.2, 0) is 16.6 Å². The summed E-state index contributed by atoms with van der Waals surface area (Å²) in [4.78, 5) is 17.7. The molecule has 1 aliphatic rings. The number of carbonyl (C=O) groups is 1. The first kappa shape index (κ1) is 28.8. The predicted octanol–water partition coefficient (Wildman–Crippen LogP) is 3.94. The van der Waals surface area contributed by atoms with Crippen molar-refractivity contribution in [2.24, 2.45) is 0 Å². The highest BCUT2D eigenvalue weighted by Crippen LogP contribution is 2.29. The Hall–Kier alpha value is -3.23. The summed E-state index contributed by atoms with van der Waals surface area (Å²) in [5, 5.41) is 9.93. The summed E-state index contributed by atoms with van der Waals surface area (Å²) in [7, 11) is -4.45. The average Bonchev–Trinajstić information content (AvgIpc) is 3.36. The number of aromatic nitrogens is 2. The van der Waals surface area contributed by atoms with Gasteiger partial charge in [0.25, 0.3) is 5.91 Å². The number of piperazine rings is 1. The van der Waals surface area contributed by atoms with Crippen LogP contribution in [0.1, 0.15) is 28.7 Å². The van der Waals surface area contributed by atoms with Crippen molar-refractivity contribution >= 4 is 33.1 Å². The summed E-state index contributed by atoms with van der Waals surface area (Å²) in [6.45, 7) is 6.33. The van der Waals surface area contributed by atoms with E-state index in [0.717, 1.165) is 36.5 Å². The van der Waals surface area contributed by atoms with E-state index in [0.29, 0.717) is 25.5 Å². The van der Waals surface area contributed by atoms with Gasteiger partial charge in [0.15, 0.2) is 11.5 Å². The number of halogens is 3. The number of sulfonamides is 1. The lowest BCUT2D eigenvalue weighted by molar-refractivity contribution is -0.130. The van der Waals surface area contributed by atoms with E-state index in [9.17, 15) is 26.4 Å². The molecule has 0 spiro atoms. The largest absolute Gasteiger partial charge is 0.494 e. The zero-order chi connectivity index (χ0) is 28.0. The number of carbonyl (C=O) groups excluding carboxylic acids is 1. The van der Waals surface area contributed by atoms with Gasteiger partial charge >= 0.3 is 6.18 Å². The molecule has 9 nitrogen and oxygen atoms in total. The maximum Gasteiger partial charge on any atom is 0.390 e. The summed E-state index contributed by atoms with van der Waals surface area (Å²) >= 11 is 1.71. The lowest BCUT2D eigenvalue weighted by Crippen LogP contribution is -2.46. The molecule has 0 saturated carbocycles. The molecule has 0 atom stereocenters. The van der Waals surface area contributed by atoms with Gasteiger partial charge in [0.2, 0.25) is 10.0 Å². The Bertz CT molecular complexity index is 1370. The van der Waals surface area contributed by atoms with Crippen LogP contribution in [0.25, 0.3) is 11.1 Å². The van der Waals surface area contributed by atoms with Crippen LogP contribution in [0, 0.1) is 0 Å². The van der Waals surface area contributed by atoms with Gasteiger partial charge < -0.3 is 9.64 Å². The standard InChI is InChI=1S/C25H28F3N5O4S2/c1-2-37-20-5-3-4-18(14-20)19-15-21(38-17-19)16-32-9-11-33(12-10-32)23-7-6-22(29-30-23)24(34)31-39(35,36)13-8-25(26,27)28/h3-7,14-15,17H,2,8-13,16H2,1H3,(H,31,34). The van der Waals surface area contributed by atoms with Crippen molar-refractivity contribution in [2.75, 3.05) is 43.4 Å². The molecule has 1 N–H and O–H groups in total. The monoisotopic (exact) mass is 583 g/mol. The van der Waals surface area contributed by atoms with Gasteiger partial charge in [0.1, 0.15) is 5.75 Å². The molecule has 0 aliphatic carbocycles. The molecule has 4 rings (SSSR count). The first-order chi connectivity index (χ1) is 18.5. The highest BCUT2D eigenvalue weighted by Gasteiger charge is 2.31. The van der Waals surface area contributed by atoms with Crippen LogP contribution in [0.3, 0.4) is 0 Å². The van der Waals surface area contributed by atoms with Gasteiger partial charge in [-0.15, -0.1) is 21.5 Å². The average molecular weight is 584 g/mol. The molecule has 1 fully saturated rings. The van der Waals surface area contributed by atoms with E-state index in [1.807, 2.05) is 30.0 Å². The number of nitrogens with one attached hydrogen (secondary N) is 1. The summed E-state index contributed by atoms with van der Waals surface area (Å²) in [6.07, 6.45) is -6.20. The SMILES string of the molecule is CCOc1cccc(-c2csc(CN3CCN(c4ccc(C(=O)NS(=O)(=O)CCC(F)(F)F)nn4)CC3)c2)c1. The zero-order valence-electron chi connectivity index (χ0n) is 21.1. The number of alkyl halides is 3. The topological polar surface area (TPSA) is 105 Å². The number of hydrogen-bond donors (Lipinski definition) is 1. The van der Waals surface area contributed by atoms with Crippen molar-refractivity contribution in [2.45, 2.75) is 26.1 Å². The fraction of sp³-hybridized carbons (Fsp3) is 0.400. The minimum Gasteiger partial charge on any atom is -0.494 e. The Labute approximate surface area is 228 Å². The minimum absolute atomic E-state index is 0.298. The van der Waals surface area contributed by atoms with Gasteiger partial charge in [-0.05, 0) is 53.8 Å². The van der Waals surface area contributed by atoms with Crippen LogP contribution in [0.2, 0.25) is 0 Å². The number of amides is 1. The number of rotatable bonds is 10. The van der Waals surface area contributed by atoms with Gasteiger partial charge in [0, 0.05) is 37.6 Å². The fourth-order valence-electron chi connectivity index (χ4n) is 4.01. The summed E-state index contributed by atoms with van der Waals surface area (Å²) in [6, 6.07) is 13.1. The van der Waals surface area contributed by atoms with Gasteiger partial charge in [-0.1, -0.05) is 12.1 Å². The molecular formula is C25H28F3N5O4S2.